The zero-order chi connectivity index (χ0) is 14.3. The summed E-state index contributed by atoms with van der Waals surface area (Å²) in [5, 5.41) is 0. The van der Waals surface area contributed by atoms with E-state index in [9.17, 15) is 4.79 Å². The van der Waals surface area contributed by atoms with E-state index >= 15 is 0 Å². The van der Waals surface area contributed by atoms with E-state index < -0.39 is 11.5 Å². The standard InChI is InChI=1S/C12H11Cl3O4/c1-17-12(16)8-3-2-4-9(5-8)18-7-19-11(15)6-10(13)14/h2-6,11H,7H2,1H3. The predicted molar refractivity (Wildman–Crippen MR) is 73.8 cm³/mol. The van der Waals surface area contributed by atoms with Crippen molar-refractivity contribution in [2.24, 2.45) is 0 Å². The fraction of sp³-hybridized carbons (Fsp3) is 0.250. The number of rotatable bonds is 6. The van der Waals surface area contributed by atoms with Gasteiger partial charge in [0.2, 0.25) is 0 Å². The van der Waals surface area contributed by atoms with Crippen molar-refractivity contribution in [1.82, 2.24) is 0 Å². The molecule has 1 aromatic carbocycles. The Bertz CT molecular complexity index is 458. The van der Waals surface area contributed by atoms with E-state index in [1.54, 1.807) is 18.2 Å². The summed E-state index contributed by atoms with van der Waals surface area (Å²) in [5.74, 6) is 0.00570. The molecule has 4 nitrogen and oxygen atoms in total. The topological polar surface area (TPSA) is 44.8 Å². The van der Waals surface area contributed by atoms with Gasteiger partial charge in [-0.05, 0) is 24.3 Å². The molecule has 7 heteroatoms. The zero-order valence-electron chi connectivity index (χ0n) is 9.94. The molecule has 19 heavy (non-hydrogen) atoms. The first-order valence-corrected chi connectivity index (χ1v) is 6.32. The maximum absolute atomic E-state index is 11.3. The van der Waals surface area contributed by atoms with E-state index in [4.69, 9.17) is 44.3 Å². The molecule has 1 atom stereocenters. The number of halogens is 3. The zero-order valence-corrected chi connectivity index (χ0v) is 12.2. The highest BCUT2D eigenvalue weighted by molar-refractivity contribution is 6.56. The third-order valence-electron chi connectivity index (χ3n) is 1.97. The maximum atomic E-state index is 11.3. The van der Waals surface area contributed by atoms with Crippen molar-refractivity contribution in [3.8, 4) is 5.75 Å². The van der Waals surface area contributed by atoms with E-state index in [1.807, 2.05) is 0 Å². The number of hydrogen-bond donors (Lipinski definition) is 0. The van der Waals surface area contributed by atoms with Crippen LogP contribution in [0, 0.1) is 0 Å². The Kier molecular flexibility index (Phi) is 7.02. The summed E-state index contributed by atoms with van der Waals surface area (Å²) < 4.78 is 14.9. The van der Waals surface area contributed by atoms with Crippen LogP contribution in [-0.4, -0.2) is 25.4 Å². The number of esters is 1. The number of alkyl halides is 1. The number of ether oxygens (including phenoxy) is 3. The molecule has 1 rings (SSSR count). The lowest BCUT2D eigenvalue weighted by molar-refractivity contribution is 0.0144. The van der Waals surface area contributed by atoms with Gasteiger partial charge >= 0.3 is 5.97 Å². The highest BCUT2D eigenvalue weighted by atomic mass is 35.5. The predicted octanol–water partition coefficient (Wildman–Crippen LogP) is 3.71. The molecule has 0 N–H and O–H groups in total. The average molecular weight is 326 g/mol. The SMILES string of the molecule is COC(=O)c1cccc(OCOC(Cl)C=C(Cl)Cl)c1. The largest absolute Gasteiger partial charge is 0.467 e. The minimum Gasteiger partial charge on any atom is -0.467 e. The summed E-state index contributed by atoms with van der Waals surface area (Å²) in [6.07, 6.45) is 1.30. The van der Waals surface area contributed by atoms with Crippen molar-refractivity contribution in [1.29, 1.82) is 0 Å². The number of carbonyl (C=O) groups excluding carboxylic acids is 1. The smallest absolute Gasteiger partial charge is 0.337 e. The van der Waals surface area contributed by atoms with Crippen LogP contribution < -0.4 is 4.74 Å². The number of hydrogen-bond acceptors (Lipinski definition) is 4. The lowest BCUT2D eigenvalue weighted by atomic mass is 10.2. The van der Waals surface area contributed by atoms with Crippen molar-refractivity contribution in [2.75, 3.05) is 13.9 Å². The quantitative estimate of drug-likeness (QED) is 0.454. The van der Waals surface area contributed by atoms with E-state index in [0.29, 0.717) is 11.3 Å². The molecule has 0 radical (unpaired) electrons. The monoisotopic (exact) mass is 324 g/mol. The van der Waals surface area contributed by atoms with Gasteiger partial charge in [0.25, 0.3) is 0 Å². The summed E-state index contributed by atoms with van der Waals surface area (Å²) in [6.45, 7) is -0.115. The van der Waals surface area contributed by atoms with Crippen molar-refractivity contribution in [2.45, 2.75) is 5.56 Å². The number of carbonyl (C=O) groups is 1. The second-order valence-electron chi connectivity index (χ2n) is 3.26. The minimum absolute atomic E-state index is 0.00712. The number of benzene rings is 1. The second-order valence-corrected chi connectivity index (χ2v) is 4.69. The van der Waals surface area contributed by atoms with Crippen LogP contribution in [0.4, 0.5) is 0 Å². The first-order valence-electron chi connectivity index (χ1n) is 5.12. The summed E-state index contributed by atoms with van der Waals surface area (Å²) >= 11 is 16.5. The van der Waals surface area contributed by atoms with E-state index in [1.165, 1.54) is 19.3 Å². The Balaban J connectivity index is 2.50. The first-order chi connectivity index (χ1) is 9.02. The van der Waals surface area contributed by atoms with Crippen LogP contribution in [-0.2, 0) is 9.47 Å². The molecule has 0 aliphatic heterocycles. The molecule has 104 valence electrons. The van der Waals surface area contributed by atoms with Crippen molar-refractivity contribution in [3.63, 3.8) is 0 Å². The van der Waals surface area contributed by atoms with Crippen LogP contribution in [0.1, 0.15) is 10.4 Å². The molecule has 0 aliphatic rings. The Labute approximate surface area is 125 Å². The highest BCUT2D eigenvalue weighted by Crippen LogP contribution is 2.16. The Hall–Kier alpha value is -0.940. The van der Waals surface area contributed by atoms with Crippen LogP contribution in [0.3, 0.4) is 0 Å². The van der Waals surface area contributed by atoms with Gasteiger partial charge in [0.05, 0.1) is 12.7 Å². The van der Waals surface area contributed by atoms with Crippen molar-refractivity contribution < 1.29 is 19.0 Å². The van der Waals surface area contributed by atoms with Gasteiger partial charge in [-0.25, -0.2) is 4.79 Å². The Morgan fingerprint density at radius 2 is 2.16 bits per heavy atom. The summed E-state index contributed by atoms with van der Waals surface area (Å²) in [4.78, 5) is 11.3. The molecule has 0 heterocycles. The third kappa shape index (κ3) is 6.16. The molecule has 1 unspecified atom stereocenters. The Morgan fingerprint density at radius 3 is 2.79 bits per heavy atom. The molecule has 0 spiro atoms. The van der Waals surface area contributed by atoms with Crippen molar-refractivity contribution >= 4 is 40.8 Å². The van der Waals surface area contributed by atoms with Gasteiger partial charge in [0, 0.05) is 0 Å². The number of methoxy groups -OCH3 is 1. The van der Waals surface area contributed by atoms with Crippen LogP contribution in [0.25, 0.3) is 0 Å². The molecular formula is C12H11Cl3O4. The van der Waals surface area contributed by atoms with Gasteiger partial charge in [-0.3, -0.25) is 0 Å². The van der Waals surface area contributed by atoms with Gasteiger partial charge < -0.3 is 14.2 Å². The van der Waals surface area contributed by atoms with E-state index in [2.05, 4.69) is 4.74 Å². The van der Waals surface area contributed by atoms with Gasteiger partial charge in [0.1, 0.15) is 10.2 Å². The normalized spacial score (nSPS) is 11.6. The summed E-state index contributed by atoms with van der Waals surface area (Å²) in [6, 6.07) is 6.47. The fourth-order valence-electron chi connectivity index (χ4n) is 1.14. The van der Waals surface area contributed by atoms with Crippen LogP contribution in [0.2, 0.25) is 0 Å². The fourth-order valence-corrected chi connectivity index (χ4v) is 1.68. The minimum atomic E-state index is -0.797. The van der Waals surface area contributed by atoms with Crippen LogP contribution in [0.5, 0.6) is 5.75 Å². The molecule has 0 bridgehead atoms. The van der Waals surface area contributed by atoms with Crippen LogP contribution >= 0.6 is 34.8 Å². The van der Waals surface area contributed by atoms with Crippen LogP contribution in [0.15, 0.2) is 34.8 Å². The second kappa shape index (κ2) is 8.27. The molecule has 0 saturated carbocycles. The molecular weight excluding hydrogens is 314 g/mol. The lowest BCUT2D eigenvalue weighted by Crippen LogP contribution is -2.09. The van der Waals surface area contributed by atoms with Gasteiger partial charge in [-0.1, -0.05) is 40.9 Å². The molecule has 1 aromatic rings. The molecule has 0 fully saturated rings. The van der Waals surface area contributed by atoms with Gasteiger partial charge in [0.15, 0.2) is 12.4 Å². The average Bonchev–Trinajstić information content (AvgIpc) is 2.37. The Morgan fingerprint density at radius 1 is 1.42 bits per heavy atom. The van der Waals surface area contributed by atoms with Gasteiger partial charge in [-0.2, -0.15) is 0 Å². The molecule has 0 saturated heterocycles. The highest BCUT2D eigenvalue weighted by Gasteiger charge is 2.07. The molecule has 0 aromatic heterocycles. The van der Waals surface area contributed by atoms with E-state index in [-0.39, 0.29) is 11.3 Å². The maximum Gasteiger partial charge on any atom is 0.337 e. The summed E-state index contributed by atoms with van der Waals surface area (Å²) in [5.41, 5.74) is -0.417. The first kappa shape index (κ1) is 16.1. The third-order valence-corrected chi connectivity index (χ3v) is 2.47. The summed E-state index contributed by atoms with van der Waals surface area (Å²) in [7, 11) is 1.30. The van der Waals surface area contributed by atoms with E-state index in [0.717, 1.165) is 0 Å². The molecule has 0 aliphatic carbocycles. The molecule has 0 amide bonds. The lowest BCUT2D eigenvalue weighted by Gasteiger charge is -2.09. The van der Waals surface area contributed by atoms with Gasteiger partial charge in [-0.15, -0.1) is 0 Å². The van der Waals surface area contributed by atoms with Crippen molar-refractivity contribution in [3.05, 3.63) is 40.4 Å².